The molecule has 1 atom stereocenters. The standard InChI is InChI=1S/C16H23N3O5/c17-13(15(21)22)8-4-5-9-18-14(20)10-19-16(23)24-11-12-6-2-1-3-7-12/h1-3,6-7,13H,4-5,8-11,17H2,(H,18,20)(H,19,23)(H,21,22). The second-order valence-electron chi connectivity index (χ2n) is 5.21. The molecule has 5 N–H and O–H groups in total. The van der Waals surface area contributed by atoms with E-state index < -0.39 is 18.1 Å². The Bertz CT molecular complexity index is 536. The van der Waals surface area contributed by atoms with Gasteiger partial charge in [0.15, 0.2) is 0 Å². The second-order valence-corrected chi connectivity index (χ2v) is 5.21. The van der Waals surface area contributed by atoms with Crippen molar-refractivity contribution in [2.75, 3.05) is 13.1 Å². The van der Waals surface area contributed by atoms with Gasteiger partial charge in [-0.3, -0.25) is 9.59 Å². The smallest absolute Gasteiger partial charge is 0.407 e. The van der Waals surface area contributed by atoms with E-state index in [-0.39, 0.29) is 19.1 Å². The van der Waals surface area contributed by atoms with Crippen LogP contribution < -0.4 is 16.4 Å². The van der Waals surface area contributed by atoms with Gasteiger partial charge >= 0.3 is 12.1 Å². The summed E-state index contributed by atoms with van der Waals surface area (Å²) in [6.45, 7) is 0.353. The Morgan fingerprint density at radius 1 is 1.12 bits per heavy atom. The molecular formula is C16H23N3O5. The average Bonchev–Trinajstić information content (AvgIpc) is 2.58. The topological polar surface area (TPSA) is 131 Å². The number of carbonyl (C=O) groups is 3. The number of nitrogens with one attached hydrogen (secondary N) is 2. The van der Waals surface area contributed by atoms with E-state index in [1.54, 1.807) is 0 Å². The minimum atomic E-state index is -1.03. The molecule has 24 heavy (non-hydrogen) atoms. The summed E-state index contributed by atoms with van der Waals surface area (Å²) in [5.41, 5.74) is 6.22. The fraction of sp³-hybridized carbons (Fsp3) is 0.438. The molecule has 0 aliphatic heterocycles. The highest BCUT2D eigenvalue weighted by atomic mass is 16.5. The summed E-state index contributed by atoms with van der Waals surface area (Å²) in [5.74, 6) is -1.37. The number of amides is 2. The van der Waals surface area contributed by atoms with Crippen molar-refractivity contribution in [1.82, 2.24) is 10.6 Å². The summed E-state index contributed by atoms with van der Waals surface area (Å²) in [5, 5.41) is 13.6. The number of hydrogen-bond acceptors (Lipinski definition) is 5. The molecule has 0 fully saturated rings. The van der Waals surface area contributed by atoms with Gasteiger partial charge in [-0.2, -0.15) is 0 Å². The fourth-order valence-corrected chi connectivity index (χ4v) is 1.83. The Balaban J connectivity index is 2.04. The number of unbranched alkanes of at least 4 members (excludes halogenated alkanes) is 1. The number of carbonyl (C=O) groups excluding carboxylic acids is 2. The number of hydrogen-bond donors (Lipinski definition) is 4. The van der Waals surface area contributed by atoms with E-state index in [4.69, 9.17) is 15.6 Å². The van der Waals surface area contributed by atoms with Gasteiger partial charge in [0.25, 0.3) is 0 Å². The van der Waals surface area contributed by atoms with Crippen molar-refractivity contribution in [3.05, 3.63) is 35.9 Å². The van der Waals surface area contributed by atoms with Crippen molar-refractivity contribution in [3.8, 4) is 0 Å². The lowest BCUT2D eigenvalue weighted by Gasteiger charge is -2.09. The number of aliphatic carboxylic acids is 1. The first-order chi connectivity index (χ1) is 11.5. The SMILES string of the molecule is NC(CCCCNC(=O)CNC(=O)OCc1ccccc1)C(=O)O. The van der Waals surface area contributed by atoms with E-state index in [9.17, 15) is 14.4 Å². The van der Waals surface area contributed by atoms with Gasteiger partial charge < -0.3 is 26.2 Å². The fourth-order valence-electron chi connectivity index (χ4n) is 1.83. The Kier molecular flexibility index (Phi) is 8.91. The highest BCUT2D eigenvalue weighted by Crippen LogP contribution is 2.00. The van der Waals surface area contributed by atoms with Gasteiger partial charge in [0, 0.05) is 6.54 Å². The lowest BCUT2D eigenvalue weighted by Crippen LogP contribution is -2.37. The van der Waals surface area contributed by atoms with Crippen LogP contribution in [-0.2, 0) is 20.9 Å². The maximum absolute atomic E-state index is 11.5. The molecule has 1 aromatic rings. The number of benzene rings is 1. The average molecular weight is 337 g/mol. The summed E-state index contributed by atoms with van der Waals surface area (Å²) in [4.78, 5) is 33.5. The molecular weight excluding hydrogens is 314 g/mol. The number of rotatable bonds is 10. The van der Waals surface area contributed by atoms with Crippen LogP contribution in [-0.4, -0.2) is 42.2 Å². The Morgan fingerprint density at radius 3 is 2.50 bits per heavy atom. The molecule has 0 heterocycles. The summed E-state index contributed by atoms with van der Waals surface area (Å²) < 4.78 is 4.97. The number of carboxylic acid groups (broad SMARTS) is 1. The van der Waals surface area contributed by atoms with Gasteiger partial charge in [-0.25, -0.2) is 4.79 Å². The lowest BCUT2D eigenvalue weighted by molar-refractivity contribution is -0.138. The third-order valence-electron chi connectivity index (χ3n) is 3.19. The first-order valence-corrected chi connectivity index (χ1v) is 7.68. The van der Waals surface area contributed by atoms with E-state index in [0.29, 0.717) is 25.8 Å². The van der Waals surface area contributed by atoms with Crippen molar-refractivity contribution in [3.63, 3.8) is 0 Å². The summed E-state index contributed by atoms with van der Waals surface area (Å²) in [6, 6.07) is 8.33. The van der Waals surface area contributed by atoms with Crippen LogP contribution in [0.5, 0.6) is 0 Å². The van der Waals surface area contributed by atoms with Crippen LogP contribution in [0.2, 0.25) is 0 Å². The molecule has 0 aromatic heterocycles. The predicted octanol–water partition coefficient (Wildman–Crippen LogP) is 0.611. The highest BCUT2D eigenvalue weighted by Gasteiger charge is 2.10. The van der Waals surface area contributed by atoms with Crippen LogP contribution in [0, 0.1) is 0 Å². The molecule has 0 radical (unpaired) electrons. The van der Waals surface area contributed by atoms with Gasteiger partial charge in [-0.05, 0) is 24.8 Å². The molecule has 0 aliphatic rings. The third-order valence-corrected chi connectivity index (χ3v) is 3.19. The molecule has 132 valence electrons. The van der Waals surface area contributed by atoms with Crippen LogP contribution in [0.1, 0.15) is 24.8 Å². The highest BCUT2D eigenvalue weighted by molar-refractivity contribution is 5.82. The molecule has 0 saturated heterocycles. The van der Waals surface area contributed by atoms with Gasteiger partial charge in [-0.1, -0.05) is 30.3 Å². The van der Waals surface area contributed by atoms with Gasteiger partial charge in [0.05, 0.1) is 6.54 Å². The number of ether oxygens (including phenoxy) is 1. The Labute approximate surface area is 140 Å². The maximum atomic E-state index is 11.5. The van der Waals surface area contributed by atoms with Crippen LogP contribution in [0.15, 0.2) is 30.3 Å². The zero-order chi connectivity index (χ0) is 17.8. The van der Waals surface area contributed by atoms with E-state index in [2.05, 4.69) is 10.6 Å². The largest absolute Gasteiger partial charge is 0.480 e. The number of nitrogens with two attached hydrogens (primary N) is 1. The number of carboxylic acids is 1. The van der Waals surface area contributed by atoms with Crippen molar-refractivity contribution < 1.29 is 24.2 Å². The molecule has 2 amide bonds. The van der Waals surface area contributed by atoms with Crippen LogP contribution in [0.4, 0.5) is 4.79 Å². The Hall–Kier alpha value is -2.61. The molecule has 8 heteroatoms. The third kappa shape index (κ3) is 8.74. The van der Waals surface area contributed by atoms with E-state index in [1.807, 2.05) is 30.3 Å². The second kappa shape index (κ2) is 11.0. The van der Waals surface area contributed by atoms with Crippen molar-refractivity contribution in [2.24, 2.45) is 5.73 Å². The molecule has 0 spiro atoms. The zero-order valence-corrected chi connectivity index (χ0v) is 13.4. The van der Waals surface area contributed by atoms with E-state index >= 15 is 0 Å². The quantitative estimate of drug-likeness (QED) is 0.463. The summed E-state index contributed by atoms with van der Waals surface area (Å²) in [7, 11) is 0. The first-order valence-electron chi connectivity index (χ1n) is 7.68. The molecule has 1 rings (SSSR count). The van der Waals surface area contributed by atoms with Gasteiger partial charge in [-0.15, -0.1) is 0 Å². The molecule has 0 bridgehead atoms. The lowest BCUT2D eigenvalue weighted by atomic mass is 10.1. The normalized spacial score (nSPS) is 11.4. The maximum Gasteiger partial charge on any atom is 0.407 e. The number of alkyl carbamates (subject to hydrolysis) is 1. The van der Waals surface area contributed by atoms with Crippen LogP contribution in [0.25, 0.3) is 0 Å². The van der Waals surface area contributed by atoms with Gasteiger partial charge in [0.1, 0.15) is 12.6 Å². The van der Waals surface area contributed by atoms with Crippen molar-refractivity contribution >= 4 is 18.0 Å². The van der Waals surface area contributed by atoms with Crippen molar-refractivity contribution in [2.45, 2.75) is 31.9 Å². The monoisotopic (exact) mass is 337 g/mol. The van der Waals surface area contributed by atoms with E-state index in [1.165, 1.54) is 0 Å². The predicted molar refractivity (Wildman–Crippen MR) is 87.1 cm³/mol. The first kappa shape index (κ1) is 19.4. The van der Waals surface area contributed by atoms with Crippen molar-refractivity contribution in [1.29, 1.82) is 0 Å². The van der Waals surface area contributed by atoms with Crippen LogP contribution >= 0.6 is 0 Å². The molecule has 1 aromatic carbocycles. The van der Waals surface area contributed by atoms with Crippen LogP contribution in [0.3, 0.4) is 0 Å². The van der Waals surface area contributed by atoms with E-state index in [0.717, 1.165) is 5.56 Å². The molecule has 1 unspecified atom stereocenters. The summed E-state index contributed by atoms with van der Waals surface area (Å²) in [6.07, 6.45) is 0.905. The minimum Gasteiger partial charge on any atom is -0.480 e. The molecule has 8 nitrogen and oxygen atoms in total. The van der Waals surface area contributed by atoms with Gasteiger partial charge in [0.2, 0.25) is 5.91 Å². The Morgan fingerprint density at radius 2 is 1.83 bits per heavy atom. The zero-order valence-electron chi connectivity index (χ0n) is 13.4. The molecule has 0 aliphatic carbocycles. The molecule has 0 saturated carbocycles. The minimum absolute atomic E-state index is 0.137. The summed E-state index contributed by atoms with van der Waals surface area (Å²) >= 11 is 0.